The largest absolute Gasteiger partial charge is 0.481 e. The molecular formula is C34H38N4O8. The Morgan fingerprint density at radius 1 is 0.935 bits per heavy atom. The second-order valence-electron chi connectivity index (χ2n) is 11.9. The summed E-state index contributed by atoms with van der Waals surface area (Å²) < 4.78 is 5.11. The molecule has 1 aliphatic carbocycles. The van der Waals surface area contributed by atoms with Crippen molar-refractivity contribution in [2.75, 3.05) is 13.7 Å². The molecule has 0 spiro atoms. The molecule has 0 radical (unpaired) electrons. The van der Waals surface area contributed by atoms with E-state index in [2.05, 4.69) is 26.8 Å². The topological polar surface area (TPSA) is 194 Å². The maximum atomic E-state index is 14.1. The van der Waals surface area contributed by atoms with Crippen molar-refractivity contribution < 1.29 is 38.9 Å². The lowest BCUT2D eigenvalue weighted by Gasteiger charge is -2.19. The number of amides is 1. The first-order valence-electron chi connectivity index (χ1n) is 15.1. The number of fused-ring (bicyclic) bond motifs is 1. The van der Waals surface area contributed by atoms with Crippen LogP contribution in [0.25, 0.3) is 0 Å². The number of aliphatic hydroxyl groups excluding tert-OH is 1. The van der Waals surface area contributed by atoms with Gasteiger partial charge in [-0.25, -0.2) is 0 Å². The number of ether oxygens (including phenoxy) is 1. The molecule has 5 rings (SSSR count). The number of hydrogen-bond acceptors (Lipinski definition) is 7. The standard InChI is InChI=1S/C34H38N4O8/c1-7-18-15(3)29(38-33(18)44)28-16(4)20(8-9-24(41)42)30(37-28)26-27(34(45)46-6)32(43)25-17(5)21(36-31(25)26)12-22-19(10-11-39)14(2)23(13-40)35-22/h7,13,26-27,29,35-37,39H,1,8-12H2,2-6H3,(H,38,44)(H,41,42)/t26-,27+,29?/m1/s1. The smallest absolute Gasteiger partial charge is 0.317 e. The molecule has 6 N–H and O–H groups in total. The molecule has 3 aromatic rings. The van der Waals surface area contributed by atoms with Gasteiger partial charge in [0.1, 0.15) is 5.92 Å². The lowest BCUT2D eigenvalue weighted by molar-refractivity contribution is -0.144. The zero-order chi connectivity index (χ0) is 33.6. The van der Waals surface area contributed by atoms with Gasteiger partial charge in [-0.15, -0.1) is 0 Å². The van der Waals surface area contributed by atoms with Crippen molar-refractivity contribution in [3.05, 3.63) is 91.3 Å². The lowest BCUT2D eigenvalue weighted by Crippen LogP contribution is -2.27. The van der Waals surface area contributed by atoms with E-state index in [1.807, 2.05) is 20.8 Å². The van der Waals surface area contributed by atoms with Gasteiger partial charge >= 0.3 is 11.9 Å². The summed E-state index contributed by atoms with van der Waals surface area (Å²) in [5, 5.41) is 22.2. The number of carbonyl (C=O) groups excluding carboxylic acids is 4. The van der Waals surface area contributed by atoms with Crippen LogP contribution in [-0.2, 0) is 38.4 Å². The Kier molecular flexibility index (Phi) is 8.76. The number of hydrogen-bond donors (Lipinski definition) is 6. The maximum absolute atomic E-state index is 14.1. The van der Waals surface area contributed by atoms with Gasteiger partial charge in [-0.3, -0.25) is 24.0 Å². The molecule has 3 aromatic heterocycles. The second kappa shape index (κ2) is 12.4. The van der Waals surface area contributed by atoms with Crippen molar-refractivity contribution in [1.29, 1.82) is 0 Å². The molecule has 1 aliphatic heterocycles. The summed E-state index contributed by atoms with van der Waals surface area (Å²) >= 11 is 0. The van der Waals surface area contributed by atoms with Gasteiger partial charge in [-0.05, 0) is 73.9 Å². The Labute approximate surface area is 265 Å². The monoisotopic (exact) mass is 630 g/mol. The van der Waals surface area contributed by atoms with Crippen LogP contribution >= 0.6 is 0 Å². The summed E-state index contributed by atoms with van der Waals surface area (Å²) in [4.78, 5) is 73.3. The molecule has 0 saturated heterocycles. The van der Waals surface area contributed by atoms with Crippen LogP contribution in [0.5, 0.6) is 0 Å². The summed E-state index contributed by atoms with van der Waals surface area (Å²) in [7, 11) is 1.22. The van der Waals surface area contributed by atoms with E-state index < -0.39 is 35.6 Å². The van der Waals surface area contributed by atoms with Gasteiger partial charge in [0.15, 0.2) is 12.1 Å². The van der Waals surface area contributed by atoms with Crippen LogP contribution in [0.3, 0.4) is 0 Å². The third-order valence-electron chi connectivity index (χ3n) is 9.57. The van der Waals surface area contributed by atoms with Gasteiger partial charge in [0.25, 0.3) is 5.91 Å². The highest BCUT2D eigenvalue weighted by molar-refractivity contribution is 6.14. The zero-order valence-corrected chi connectivity index (χ0v) is 26.5. The third-order valence-corrected chi connectivity index (χ3v) is 9.57. The predicted molar refractivity (Wildman–Crippen MR) is 167 cm³/mol. The van der Waals surface area contributed by atoms with E-state index in [1.54, 1.807) is 6.92 Å². The number of carboxylic acids is 1. The highest BCUT2D eigenvalue weighted by Gasteiger charge is 2.50. The summed E-state index contributed by atoms with van der Waals surface area (Å²) in [6.07, 6.45) is 2.78. The second-order valence-corrected chi connectivity index (χ2v) is 11.9. The molecule has 0 fully saturated rings. The number of aromatic amines is 3. The molecule has 0 aromatic carbocycles. The van der Waals surface area contributed by atoms with Gasteiger partial charge in [-0.1, -0.05) is 12.7 Å². The number of aldehydes is 1. The number of carboxylic acid groups (broad SMARTS) is 1. The van der Waals surface area contributed by atoms with E-state index in [-0.39, 0.29) is 25.4 Å². The molecular weight excluding hydrogens is 592 g/mol. The number of aliphatic hydroxyl groups is 1. The third kappa shape index (κ3) is 5.12. The van der Waals surface area contributed by atoms with Gasteiger partial charge in [0, 0.05) is 59.1 Å². The van der Waals surface area contributed by atoms with Crippen LogP contribution in [0.2, 0.25) is 0 Å². The average molecular weight is 631 g/mol. The van der Waals surface area contributed by atoms with Crippen LogP contribution < -0.4 is 5.32 Å². The van der Waals surface area contributed by atoms with Crippen molar-refractivity contribution in [2.24, 2.45) is 5.92 Å². The summed E-state index contributed by atoms with van der Waals surface area (Å²) in [6.45, 7) is 10.9. The molecule has 3 atom stereocenters. The van der Waals surface area contributed by atoms with E-state index >= 15 is 0 Å². The quantitative estimate of drug-likeness (QED) is 0.0996. The Bertz CT molecular complexity index is 1830. The average Bonchev–Trinajstić information content (AvgIpc) is 3.76. The summed E-state index contributed by atoms with van der Waals surface area (Å²) in [6, 6.07) is -0.542. The SMILES string of the molecule is C=CC1=C(C)C(c2[nH]c([C@@H]3c4[nH]c(Cc5[nH]c(C=O)c(C)c5CCO)c(C)c4C(=O)[C@H]3C(=O)OC)c(CCC(=O)O)c2C)NC1=O. The van der Waals surface area contributed by atoms with Crippen molar-refractivity contribution in [3.8, 4) is 0 Å². The molecule has 12 heteroatoms. The number of carbonyl (C=O) groups is 5. The zero-order valence-electron chi connectivity index (χ0n) is 26.5. The fourth-order valence-corrected chi connectivity index (χ4v) is 7.15. The normalized spacial score (nSPS) is 19.0. The number of Topliss-reactive ketones (excluding diaryl/α,β-unsaturated/α-hetero) is 1. The molecule has 46 heavy (non-hydrogen) atoms. The number of esters is 1. The van der Waals surface area contributed by atoms with Gasteiger partial charge in [-0.2, -0.15) is 0 Å². The van der Waals surface area contributed by atoms with Crippen LogP contribution in [0.15, 0.2) is 23.8 Å². The van der Waals surface area contributed by atoms with Crippen molar-refractivity contribution >= 4 is 29.9 Å². The van der Waals surface area contributed by atoms with Gasteiger partial charge < -0.3 is 35.2 Å². The number of rotatable bonds is 12. The molecule has 4 heterocycles. The van der Waals surface area contributed by atoms with Crippen LogP contribution in [0.4, 0.5) is 0 Å². The van der Waals surface area contributed by atoms with E-state index in [9.17, 15) is 34.2 Å². The number of nitrogens with one attached hydrogen (secondary N) is 4. The Hall–Kier alpha value is -4.97. The predicted octanol–water partition coefficient (Wildman–Crippen LogP) is 3.34. The number of aromatic nitrogens is 3. The number of methoxy groups -OCH3 is 1. The lowest BCUT2D eigenvalue weighted by atomic mass is 9.87. The molecule has 0 bridgehead atoms. The van der Waals surface area contributed by atoms with E-state index in [4.69, 9.17) is 4.74 Å². The first kappa shape index (κ1) is 32.4. The summed E-state index contributed by atoms with van der Waals surface area (Å²) in [5.41, 5.74) is 8.55. The number of aliphatic carboxylic acids is 1. The minimum absolute atomic E-state index is 0.108. The van der Waals surface area contributed by atoms with Crippen LogP contribution in [-0.4, -0.2) is 68.8 Å². The van der Waals surface area contributed by atoms with Crippen molar-refractivity contribution in [2.45, 2.75) is 65.3 Å². The van der Waals surface area contributed by atoms with Crippen LogP contribution in [0, 0.1) is 26.7 Å². The van der Waals surface area contributed by atoms with E-state index in [0.717, 1.165) is 34.2 Å². The number of ketones is 1. The minimum Gasteiger partial charge on any atom is -0.481 e. The first-order chi connectivity index (χ1) is 21.9. The highest BCUT2D eigenvalue weighted by atomic mass is 16.5. The van der Waals surface area contributed by atoms with E-state index in [0.29, 0.717) is 63.6 Å². The van der Waals surface area contributed by atoms with Crippen molar-refractivity contribution in [1.82, 2.24) is 20.3 Å². The Morgan fingerprint density at radius 3 is 2.24 bits per heavy atom. The molecule has 1 unspecified atom stereocenters. The molecule has 2 aliphatic rings. The fourth-order valence-electron chi connectivity index (χ4n) is 7.15. The minimum atomic E-state index is -1.23. The van der Waals surface area contributed by atoms with E-state index in [1.165, 1.54) is 13.2 Å². The van der Waals surface area contributed by atoms with Crippen molar-refractivity contribution in [3.63, 3.8) is 0 Å². The van der Waals surface area contributed by atoms with Gasteiger partial charge in [0.05, 0.1) is 24.8 Å². The number of H-pyrrole nitrogens is 3. The fraction of sp³-hybridized carbons (Fsp3) is 0.382. The maximum Gasteiger partial charge on any atom is 0.317 e. The molecule has 0 saturated carbocycles. The first-order valence-corrected chi connectivity index (χ1v) is 15.1. The Balaban J connectivity index is 1.68. The molecule has 12 nitrogen and oxygen atoms in total. The molecule has 242 valence electrons. The Morgan fingerprint density at radius 2 is 1.65 bits per heavy atom. The highest BCUT2D eigenvalue weighted by Crippen LogP contribution is 2.47. The van der Waals surface area contributed by atoms with Gasteiger partial charge in [0.2, 0.25) is 0 Å². The van der Waals surface area contributed by atoms with Crippen LogP contribution in [0.1, 0.15) is 102 Å². The summed E-state index contributed by atoms with van der Waals surface area (Å²) in [5.74, 6) is -4.52. The molecule has 1 amide bonds.